The van der Waals surface area contributed by atoms with Gasteiger partial charge in [0.05, 0.1) is 17.9 Å². The SMILES string of the molecule is CNc1nc(Nc2ccc(F)cc2)ncc1C#CCCCNC(=O)[C@@H]1C[C@@H](O)CN1C(=O)/C=C/CN(C)C. The topological polar surface area (TPSA) is 123 Å². The molecule has 0 bridgehead atoms. The molecule has 10 nitrogen and oxygen atoms in total. The largest absolute Gasteiger partial charge is 0.391 e. The first kappa shape index (κ1) is 28.6. The van der Waals surface area contributed by atoms with Crippen molar-refractivity contribution in [3.63, 3.8) is 0 Å². The van der Waals surface area contributed by atoms with Gasteiger partial charge in [-0.2, -0.15) is 4.98 Å². The average molecular weight is 524 g/mol. The molecule has 1 aliphatic rings. The third kappa shape index (κ3) is 8.54. The Morgan fingerprint density at radius 3 is 2.76 bits per heavy atom. The molecule has 2 amide bonds. The van der Waals surface area contributed by atoms with Crippen LogP contribution in [0.1, 0.15) is 24.8 Å². The summed E-state index contributed by atoms with van der Waals surface area (Å²) in [5.74, 6) is 6.12. The predicted octanol–water partition coefficient (Wildman–Crippen LogP) is 1.73. The van der Waals surface area contributed by atoms with Crippen LogP contribution in [0.3, 0.4) is 0 Å². The molecule has 202 valence electrons. The molecule has 0 saturated carbocycles. The third-order valence-corrected chi connectivity index (χ3v) is 5.72. The number of amides is 2. The van der Waals surface area contributed by atoms with E-state index >= 15 is 0 Å². The molecule has 4 N–H and O–H groups in total. The normalized spacial score (nSPS) is 16.8. The fourth-order valence-electron chi connectivity index (χ4n) is 3.82. The maximum absolute atomic E-state index is 13.1. The maximum Gasteiger partial charge on any atom is 0.247 e. The number of likely N-dealkylation sites (tertiary alicyclic amines) is 1. The Hall–Kier alpha value is -4.01. The molecule has 1 saturated heterocycles. The molecule has 0 unspecified atom stereocenters. The number of aromatic nitrogens is 2. The van der Waals surface area contributed by atoms with E-state index in [2.05, 4.69) is 37.8 Å². The molecule has 1 aliphatic heterocycles. The van der Waals surface area contributed by atoms with Crippen molar-refractivity contribution in [2.45, 2.75) is 31.4 Å². The molecule has 0 aliphatic carbocycles. The molecule has 2 aromatic rings. The van der Waals surface area contributed by atoms with E-state index in [1.54, 1.807) is 31.5 Å². The second-order valence-electron chi connectivity index (χ2n) is 9.09. The first-order valence-corrected chi connectivity index (χ1v) is 12.4. The number of hydrogen-bond acceptors (Lipinski definition) is 8. The van der Waals surface area contributed by atoms with Crippen molar-refractivity contribution in [2.75, 3.05) is 51.4 Å². The van der Waals surface area contributed by atoms with E-state index in [-0.39, 0.29) is 30.6 Å². The van der Waals surface area contributed by atoms with Gasteiger partial charge in [-0.05, 0) is 44.8 Å². The van der Waals surface area contributed by atoms with Crippen molar-refractivity contribution in [2.24, 2.45) is 0 Å². The Kier molecular flexibility index (Phi) is 10.6. The predicted molar refractivity (Wildman–Crippen MR) is 144 cm³/mol. The van der Waals surface area contributed by atoms with Gasteiger partial charge in [-0.25, -0.2) is 9.37 Å². The molecule has 0 radical (unpaired) electrons. The first-order valence-electron chi connectivity index (χ1n) is 12.4. The number of carbonyl (C=O) groups excluding carboxylic acids is 2. The summed E-state index contributed by atoms with van der Waals surface area (Å²) < 4.78 is 13.1. The Bertz CT molecular complexity index is 1190. The molecule has 1 aromatic carbocycles. The average Bonchev–Trinajstić information content (AvgIpc) is 3.29. The van der Waals surface area contributed by atoms with Gasteiger partial charge in [0.25, 0.3) is 0 Å². The van der Waals surface area contributed by atoms with Crippen molar-refractivity contribution in [3.8, 4) is 11.8 Å². The lowest BCUT2D eigenvalue weighted by atomic mass is 10.2. The van der Waals surface area contributed by atoms with Gasteiger partial charge >= 0.3 is 0 Å². The highest BCUT2D eigenvalue weighted by molar-refractivity contribution is 5.93. The van der Waals surface area contributed by atoms with Crippen LogP contribution in [-0.2, 0) is 9.59 Å². The van der Waals surface area contributed by atoms with Crippen molar-refractivity contribution in [3.05, 3.63) is 54.0 Å². The minimum Gasteiger partial charge on any atom is -0.391 e. The molecule has 2 heterocycles. The zero-order valence-corrected chi connectivity index (χ0v) is 21.9. The zero-order valence-electron chi connectivity index (χ0n) is 21.9. The maximum atomic E-state index is 13.1. The molecule has 1 fully saturated rings. The van der Waals surface area contributed by atoms with Crippen molar-refractivity contribution >= 4 is 29.3 Å². The number of nitrogens with zero attached hydrogens (tertiary/aromatic N) is 4. The van der Waals surface area contributed by atoms with Gasteiger partial charge in [-0.1, -0.05) is 17.9 Å². The summed E-state index contributed by atoms with van der Waals surface area (Å²) in [5.41, 5.74) is 1.28. The Balaban J connectivity index is 1.47. The van der Waals surface area contributed by atoms with Crippen LogP contribution in [0.5, 0.6) is 0 Å². The summed E-state index contributed by atoms with van der Waals surface area (Å²) in [4.78, 5) is 37.2. The molecule has 2 atom stereocenters. The number of aliphatic hydroxyl groups excluding tert-OH is 1. The molecule has 0 spiro atoms. The summed E-state index contributed by atoms with van der Waals surface area (Å²) >= 11 is 0. The van der Waals surface area contributed by atoms with Gasteiger partial charge in [-0.15, -0.1) is 0 Å². The highest BCUT2D eigenvalue weighted by atomic mass is 19.1. The van der Waals surface area contributed by atoms with E-state index in [1.165, 1.54) is 23.1 Å². The Morgan fingerprint density at radius 1 is 1.29 bits per heavy atom. The van der Waals surface area contributed by atoms with Gasteiger partial charge in [0, 0.05) is 51.3 Å². The second kappa shape index (κ2) is 14.1. The van der Waals surface area contributed by atoms with Crippen molar-refractivity contribution in [1.29, 1.82) is 0 Å². The van der Waals surface area contributed by atoms with E-state index in [0.29, 0.717) is 48.9 Å². The lowest BCUT2D eigenvalue weighted by Crippen LogP contribution is -2.45. The lowest BCUT2D eigenvalue weighted by molar-refractivity contribution is -0.135. The summed E-state index contributed by atoms with van der Waals surface area (Å²) in [7, 11) is 5.53. The molecular formula is C27H34FN7O3. The molecule has 1 aromatic heterocycles. The number of benzene rings is 1. The summed E-state index contributed by atoms with van der Waals surface area (Å²) in [6.45, 7) is 1.15. The van der Waals surface area contributed by atoms with E-state index in [9.17, 15) is 19.1 Å². The highest BCUT2D eigenvalue weighted by Crippen LogP contribution is 2.19. The molecule has 3 rings (SSSR count). The van der Waals surface area contributed by atoms with Crippen LogP contribution in [0.15, 0.2) is 42.6 Å². The van der Waals surface area contributed by atoms with E-state index in [0.717, 1.165) is 0 Å². The number of hydrogen-bond donors (Lipinski definition) is 4. The summed E-state index contributed by atoms with van der Waals surface area (Å²) in [5, 5.41) is 18.9. The summed E-state index contributed by atoms with van der Waals surface area (Å²) in [6, 6.07) is 5.20. The van der Waals surface area contributed by atoms with Crippen molar-refractivity contribution in [1.82, 2.24) is 25.1 Å². The van der Waals surface area contributed by atoms with Crippen LogP contribution in [0.25, 0.3) is 0 Å². The van der Waals surface area contributed by atoms with Crippen molar-refractivity contribution < 1.29 is 19.1 Å². The number of anilines is 3. The second-order valence-corrected chi connectivity index (χ2v) is 9.09. The van der Waals surface area contributed by atoms with Gasteiger partial charge in [-0.3, -0.25) is 9.59 Å². The number of rotatable bonds is 10. The fraction of sp³-hybridized carbons (Fsp3) is 0.407. The Labute approximate surface area is 222 Å². The van der Waals surface area contributed by atoms with E-state index < -0.39 is 12.1 Å². The monoisotopic (exact) mass is 523 g/mol. The Morgan fingerprint density at radius 2 is 2.05 bits per heavy atom. The van der Waals surface area contributed by atoms with Gasteiger partial charge in [0.2, 0.25) is 17.8 Å². The lowest BCUT2D eigenvalue weighted by Gasteiger charge is -2.22. The third-order valence-electron chi connectivity index (χ3n) is 5.72. The number of nitrogens with one attached hydrogen (secondary N) is 3. The minimum absolute atomic E-state index is 0.142. The molecular weight excluding hydrogens is 489 g/mol. The van der Waals surface area contributed by atoms with Gasteiger partial charge in [0.1, 0.15) is 17.7 Å². The summed E-state index contributed by atoms with van der Waals surface area (Å²) in [6.07, 6.45) is 5.43. The number of carbonyl (C=O) groups is 2. The van der Waals surface area contributed by atoms with Crippen LogP contribution < -0.4 is 16.0 Å². The fourth-order valence-corrected chi connectivity index (χ4v) is 3.82. The number of likely N-dealkylation sites (N-methyl/N-ethyl adjacent to an activating group) is 1. The molecule has 11 heteroatoms. The smallest absolute Gasteiger partial charge is 0.247 e. The standard InChI is InChI=1S/C27H34FN7O3/c1-29-25-19(17-31-27(33-25)32-21-12-10-20(28)11-13-21)8-5-4-6-14-30-26(38)23-16-22(36)18-35(23)24(37)9-7-15-34(2)3/h7,9-13,17,22-23,36H,4,6,14-16,18H2,1-3H3,(H,30,38)(H2,29,31,32,33)/b9-7+/t22-,23+/m1/s1. The zero-order chi connectivity index (χ0) is 27.5. The van der Waals surface area contributed by atoms with Crippen LogP contribution in [-0.4, -0.2) is 89.6 Å². The number of halogens is 1. The first-order chi connectivity index (χ1) is 18.3. The number of aliphatic hydroxyl groups is 1. The van der Waals surface area contributed by atoms with E-state index in [1.807, 2.05) is 19.0 Å². The number of unbranched alkanes of at least 4 members (excludes halogenated alkanes) is 1. The van der Waals surface area contributed by atoms with Crippen LogP contribution in [0.2, 0.25) is 0 Å². The van der Waals surface area contributed by atoms with Crippen LogP contribution in [0.4, 0.5) is 21.8 Å². The quantitative estimate of drug-likeness (QED) is 0.211. The highest BCUT2D eigenvalue weighted by Gasteiger charge is 2.37. The minimum atomic E-state index is -0.719. The van der Waals surface area contributed by atoms with Gasteiger partial charge < -0.3 is 30.9 Å². The van der Waals surface area contributed by atoms with Crippen LogP contribution >= 0.6 is 0 Å². The van der Waals surface area contributed by atoms with Gasteiger partial charge in [0.15, 0.2) is 0 Å². The molecule has 38 heavy (non-hydrogen) atoms. The number of β-amino-alcohol motifs (C(OH)–C–C–N with tert-alkyl or cyclic N) is 1. The van der Waals surface area contributed by atoms with E-state index in [4.69, 9.17) is 0 Å². The van der Waals surface area contributed by atoms with Crippen LogP contribution in [0, 0.1) is 17.7 Å².